The van der Waals surface area contributed by atoms with E-state index in [9.17, 15) is 4.79 Å². The maximum atomic E-state index is 12.6. The third-order valence-corrected chi connectivity index (χ3v) is 5.71. The molecule has 1 spiro atoms. The summed E-state index contributed by atoms with van der Waals surface area (Å²) in [4.78, 5) is 15.0. The van der Waals surface area contributed by atoms with Crippen molar-refractivity contribution in [2.75, 3.05) is 25.5 Å². The Balaban J connectivity index is 1.51. The molecule has 0 saturated carbocycles. The number of hydrogen-bond acceptors (Lipinski definition) is 3. The largest absolute Gasteiger partial charge is 0.487 e. The monoisotopic (exact) mass is 365 g/mol. The third-order valence-electron chi connectivity index (χ3n) is 5.71. The zero-order valence-electron chi connectivity index (χ0n) is 16.0. The maximum Gasteiger partial charge on any atom is 0.319 e. The van der Waals surface area contributed by atoms with Crippen LogP contribution in [-0.4, -0.2) is 36.7 Å². The molecule has 2 aliphatic heterocycles. The summed E-state index contributed by atoms with van der Waals surface area (Å²) in [6.45, 7) is 4.07. The SMILES string of the molecule is Cc1ccc(NC(=O)N[C@@H]2CC3(CCN(C)CC3)Oc3ccccc32)cc1. The van der Waals surface area contributed by atoms with E-state index in [-0.39, 0.29) is 17.7 Å². The van der Waals surface area contributed by atoms with E-state index in [2.05, 4.69) is 22.6 Å². The fraction of sp³-hybridized carbons (Fsp3) is 0.409. The predicted molar refractivity (Wildman–Crippen MR) is 107 cm³/mol. The number of anilines is 1. The second-order valence-corrected chi connectivity index (χ2v) is 7.85. The molecule has 4 rings (SSSR count). The first kappa shape index (κ1) is 17.9. The van der Waals surface area contributed by atoms with Gasteiger partial charge in [0.15, 0.2) is 0 Å². The number of carbonyl (C=O) groups excluding carboxylic acids is 1. The average Bonchev–Trinajstić information content (AvgIpc) is 2.66. The van der Waals surface area contributed by atoms with Crippen molar-refractivity contribution in [2.45, 2.75) is 37.8 Å². The van der Waals surface area contributed by atoms with E-state index >= 15 is 0 Å². The lowest BCUT2D eigenvalue weighted by atomic mass is 9.80. The van der Waals surface area contributed by atoms with Crippen LogP contribution in [0.5, 0.6) is 5.75 Å². The van der Waals surface area contributed by atoms with Gasteiger partial charge in [0, 0.05) is 30.8 Å². The van der Waals surface area contributed by atoms with E-state index in [4.69, 9.17) is 4.74 Å². The summed E-state index contributed by atoms with van der Waals surface area (Å²) >= 11 is 0. The minimum atomic E-state index is -0.192. The van der Waals surface area contributed by atoms with E-state index in [0.29, 0.717) is 0 Å². The molecule has 1 atom stereocenters. The van der Waals surface area contributed by atoms with Crippen LogP contribution in [0.1, 0.15) is 36.4 Å². The Morgan fingerprint density at radius 3 is 2.56 bits per heavy atom. The second-order valence-electron chi connectivity index (χ2n) is 7.85. The summed E-state index contributed by atoms with van der Waals surface area (Å²) in [5.74, 6) is 0.897. The fourth-order valence-corrected chi connectivity index (χ4v) is 4.04. The fourth-order valence-electron chi connectivity index (χ4n) is 4.04. The zero-order chi connectivity index (χ0) is 18.9. The van der Waals surface area contributed by atoms with Crippen molar-refractivity contribution in [3.8, 4) is 5.75 Å². The second kappa shape index (κ2) is 7.24. The molecule has 2 aliphatic rings. The van der Waals surface area contributed by atoms with Gasteiger partial charge < -0.3 is 20.3 Å². The quantitative estimate of drug-likeness (QED) is 0.842. The van der Waals surface area contributed by atoms with Gasteiger partial charge in [-0.2, -0.15) is 0 Å². The number of carbonyl (C=O) groups is 1. The maximum absolute atomic E-state index is 12.6. The number of amides is 2. The summed E-state index contributed by atoms with van der Waals surface area (Å²) in [7, 11) is 2.15. The van der Waals surface area contributed by atoms with Crippen LogP contribution in [0.4, 0.5) is 10.5 Å². The van der Waals surface area contributed by atoms with Crippen molar-refractivity contribution < 1.29 is 9.53 Å². The first-order chi connectivity index (χ1) is 13.0. The summed E-state index contributed by atoms with van der Waals surface area (Å²) in [6, 6.07) is 15.7. The van der Waals surface area contributed by atoms with E-state index < -0.39 is 0 Å². The first-order valence-corrected chi connectivity index (χ1v) is 9.64. The van der Waals surface area contributed by atoms with E-state index in [1.54, 1.807) is 0 Å². The van der Waals surface area contributed by atoms with Gasteiger partial charge in [-0.3, -0.25) is 0 Å². The van der Waals surface area contributed by atoms with Crippen molar-refractivity contribution in [3.05, 3.63) is 59.7 Å². The molecule has 2 aromatic carbocycles. The number of para-hydroxylation sites is 1. The lowest BCUT2D eigenvalue weighted by Gasteiger charge is -2.46. The Morgan fingerprint density at radius 1 is 1.11 bits per heavy atom. The number of piperidine rings is 1. The molecule has 142 valence electrons. The van der Waals surface area contributed by atoms with E-state index in [1.807, 2.05) is 55.5 Å². The molecule has 2 heterocycles. The van der Waals surface area contributed by atoms with Crippen LogP contribution in [0.2, 0.25) is 0 Å². The van der Waals surface area contributed by atoms with Crippen molar-refractivity contribution >= 4 is 11.7 Å². The van der Waals surface area contributed by atoms with Crippen LogP contribution in [0.25, 0.3) is 0 Å². The van der Waals surface area contributed by atoms with Crippen molar-refractivity contribution in [3.63, 3.8) is 0 Å². The highest BCUT2D eigenvalue weighted by Gasteiger charge is 2.43. The van der Waals surface area contributed by atoms with E-state index in [0.717, 1.165) is 49.4 Å². The highest BCUT2D eigenvalue weighted by molar-refractivity contribution is 5.89. The molecule has 2 amide bonds. The highest BCUT2D eigenvalue weighted by atomic mass is 16.5. The molecule has 2 N–H and O–H groups in total. The highest BCUT2D eigenvalue weighted by Crippen LogP contribution is 2.44. The minimum absolute atomic E-state index is 0.0520. The van der Waals surface area contributed by atoms with Crippen molar-refractivity contribution in [1.82, 2.24) is 10.2 Å². The molecule has 1 fully saturated rings. The molecule has 0 aromatic heterocycles. The molecule has 0 aliphatic carbocycles. The van der Waals surface area contributed by atoms with Gasteiger partial charge in [0.25, 0.3) is 0 Å². The van der Waals surface area contributed by atoms with Gasteiger partial charge in [-0.25, -0.2) is 4.79 Å². The summed E-state index contributed by atoms with van der Waals surface area (Å²) in [6.07, 6.45) is 2.77. The Labute approximate surface area is 160 Å². The van der Waals surface area contributed by atoms with Gasteiger partial charge in [0.1, 0.15) is 11.4 Å². The first-order valence-electron chi connectivity index (χ1n) is 9.64. The smallest absolute Gasteiger partial charge is 0.319 e. The molecule has 0 unspecified atom stereocenters. The molecule has 1 saturated heterocycles. The number of benzene rings is 2. The molecule has 5 heteroatoms. The van der Waals surface area contributed by atoms with Crippen LogP contribution in [-0.2, 0) is 0 Å². The number of ether oxygens (including phenoxy) is 1. The lowest BCUT2D eigenvalue weighted by molar-refractivity contribution is -0.0188. The topological polar surface area (TPSA) is 53.6 Å². The van der Waals surface area contributed by atoms with Gasteiger partial charge in [-0.15, -0.1) is 0 Å². The number of nitrogens with zero attached hydrogens (tertiary/aromatic N) is 1. The van der Waals surface area contributed by atoms with Gasteiger partial charge in [-0.1, -0.05) is 35.9 Å². The predicted octanol–water partition coefficient (Wildman–Crippen LogP) is 4.10. The summed E-state index contributed by atoms with van der Waals surface area (Å²) in [5, 5.41) is 6.12. The summed E-state index contributed by atoms with van der Waals surface area (Å²) in [5.41, 5.74) is 2.83. The van der Waals surface area contributed by atoms with Crippen LogP contribution < -0.4 is 15.4 Å². The number of likely N-dealkylation sites (tertiary alicyclic amines) is 1. The van der Waals surface area contributed by atoms with Crippen molar-refractivity contribution in [2.24, 2.45) is 0 Å². The molecule has 0 bridgehead atoms. The van der Waals surface area contributed by atoms with Gasteiger partial charge in [-0.05, 0) is 45.0 Å². The molecule has 27 heavy (non-hydrogen) atoms. The summed E-state index contributed by atoms with van der Waals surface area (Å²) < 4.78 is 6.45. The zero-order valence-corrected chi connectivity index (χ0v) is 16.0. The number of fused-ring (bicyclic) bond motifs is 1. The number of rotatable bonds is 2. The molecule has 2 aromatic rings. The standard InChI is InChI=1S/C22H27N3O2/c1-16-7-9-17(10-8-16)23-21(26)24-19-15-22(11-13-25(2)14-12-22)27-20-6-4-3-5-18(19)20/h3-10,19H,11-15H2,1-2H3,(H2,23,24,26)/t19-/m1/s1. The Hall–Kier alpha value is -2.53. The molecule has 5 nitrogen and oxygen atoms in total. The van der Waals surface area contributed by atoms with Crippen molar-refractivity contribution in [1.29, 1.82) is 0 Å². The number of nitrogens with one attached hydrogen (secondary N) is 2. The average molecular weight is 365 g/mol. The number of urea groups is 1. The Kier molecular flexibility index (Phi) is 4.79. The van der Waals surface area contributed by atoms with Crippen LogP contribution in [0, 0.1) is 6.92 Å². The van der Waals surface area contributed by atoms with Gasteiger partial charge in [0.2, 0.25) is 0 Å². The lowest BCUT2D eigenvalue weighted by Crippen LogP contribution is -2.51. The third kappa shape index (κ3) is 3.93. The van der Waals surface area contributed by atoms with E-state index in [1.165, 1.54) is 5.56 Å². The molecular formula is C22H27N3O2. The minimum Gasteiger partial charge on any atom is -0.487 e. The normalized spacial score (nSPS) is 21.2. The van der Waals surface area contributed by atoms with Gasteiger partial charge in [0.05, 0.1) is 6.04 Å². The van der Waals surface area contributed by atoms with Crippen LogP contribution in [0.3, 0.4) is 0 Å². The van der Waals surface area contributed by atoms with Gasteiger partial charge >= 0.3 is 6.03 Å². The van der Waals surface area contributed by atoms with Crippen LogP contribution in [0.15, 0.2) is 48.5 Å². The Morgan fingerprint density at radius 2 is 1.81 bits per heavy atom. The number of aryl methyl sites for hydroxylation is 1. The van der Waals surface area contributed by atoms with Crippen LogP contribution >= 0.6 is 0 Å². The molecule has 0 radical (unpaired) electrons. The number of hydrogen-bond donors (Lipinski definition) is 2. The Bertz CT molecular complexity index is 811. The molecular weight excluding hydrogens is 338 g/mol.